The number of allylic oxidation sites excluding steroid dienone is 5. The van der Waals surface area contributed by atoms with Gasteiger partial charge in [0.2, 0.25) is 0 Å². The second-order valence-corrected chi connectivity index (χ2v) is 29.3. The van der Waals surface area contributed by atoms with Crippen molar-refractivity contribution in [3.63, 3.8) is 0 Å². The molecule has 0 spiro atoms. The van der Waals surface area contributed by atoms with Crippen molar-refractivity contribution in [2.45, 2.75) is 44.4 Å². The van der Waals surface area contributed by atoms with Gasteiger partial charge in [-0.15, -0.1) is 0 Å². The maximum Gasteiger partial charge on any atom is 0.160 e. The summed E-state index contributed by atoms with van der Waals surface area (Å²) >= 11 is 0. The molecule has 2 saturated heterocycles. The standard InChI is InChI=1S/C99H80F4N2O4/c1-5-8-12-19-66(4)70-30-48-84-86-50-40-78(56-90(86)98(88(84)54-70,72-22-15-10-16-23-72)74-32-44-82(45-33-74)108-64-96(6-2)60-106-61-96)104(80-42-52-92(100)94(102)58-80)76-36-26-68(27-37-76)69-28-38-77(39-29-69)105(81-43-53-93(101)95(103)59-81)79-41-51-87-85-49-31-71(67-20-13-9-14-21-67)55-89(85)99(91(87)57-79,73-24-17-11-18-25-73)75-34-46-83(47-35-75)109-65-97(7-3)62-107-63-97/h5,8-59H,1,6-7,60-65H2,2-4H3/b12-8-,66-19+. The molecule has 0 aromatic heterocycles. The first-order chi connectivity index (χ1) is 53.3. The third kappa shape index (κ3) is 12.4. The zero-order valence-electron chi connectivity index (χ0n) is 61.0. The highest BCUT2D eigenvalue weighted by molar-refractivity contribution is 5.94. The molecule has 0 saturated carbocycles. The molecule has 0 amide bonds. The summed E-state index contributed by atoms with van der Waals surface area (Å²) in [5.41, 5.74) is 20.7. The van der Waals surface area contributed by atoms with E-state index in [-0.39, 0.29) is 10.8 Å². The van der Waals surface area contributed by atoms with Gasteiger partial charge in [0, 0.05) is 46.3 Å². The van der Waals surface area contributed by atoms with Crippen LogP contribution in [0.5, 0.6) is 11.5 Å². The van der Waals surface area contributed by atoms with Crippen molar-refractivity contribution in [1.82, 2.24) is 0 Å². The van der Waals surface area contributed by atoms with Gasteiger partial charge >= 0.3 is 0 Å². The van der Waals surface area contributed by atoms with Gasteiger partial charge in [0.15, 0.2) is 23.3 Å². The van der Waals surface area contributed by atoms with E-state index < -0.39 is 34.1 Å². The molecule has 2 atom stereocenters. The quantitative estimate of drug-likeness (QED) is 0.0470. The van der Waals surface area contributed by atoms with Crippen LogP contribution in [0.3, 0.4) is 0 Å². The molecule has 2 unspecified atom stereocenters. The number of ether oxygens (including phenoxy) is 4. The van der Waals surface area contributed by atoms with E-state index in [1.165, 1.54) is 24.3 Å². The number of benzene rings is 13. The Bertz CT molecular complexity index is 5610. The summed E-state index contributed by atoms with van der Waals surface area (Å²) < 4.78 is 86.6. The van der Waals surface area contributed by atoms with Crippen LogP contribution in [0.15, 0.2) is 328 Å². The third-order valence-electron chi connectivity index (χ3n) is 23.0. The smallest absolute Gasteiger partial charge is 0.160 e. The van der Waals surface area contributed by atoms with Gasteiger partial charge in [-0.2, -0.15) is 0 Å². The summed E-state index contributed by atoms with van der Waals surface area (Å²) in [6.45, 7) is 14.2. The van der Waals surface area contributed by atoms with Crippen LogP contribution in [-0.4, -0.2) is 39.6 Å². The van der Waals surface area contributed by atoms with Crippen molar-refractivity contribution in [3.8, 4) is 56.0 Å². The van der Waals surface area contributed by atoms with Crippen LogP contribution in [0.1, 0.15) is 83.7 Å². The first kappa shape index (κ1) is 69.9. The number of halogens is 4. The zero-order chi connectivity index (χ0) is 74.4. The average molecular weight is 1440 g/mol. The highest BCUT2D eigenvalue weighted by atomic mass is 19.2. The average Bonchev–Trinajstić information content (AvgIpc) is 0.917. The van der Waals surface area contributed by atoms with Crippen LogP contribution in [0.25, 0.3) is 50.1 Å². The van der Waals surface area contributed by atoms with E-state index >= 15 is 17.6 Å². The minimum atomic E-state index is -0.978. The second kappa shape index (κ2) is 28.9. The molecule has 109 heavy (non-hydrogen) atoms. The van der Waals surface area contributed by atoms with Crippen molar-refractivity contribution in [2.24, 2.45) is 10.8 Å². The van der Waals surface area contributed by atoms with Crippen LogP contribution in [-0.2, 0) is 20.3 Å². The predicted octanol–water partition coefficient (Wildman–Crippen LogP) is 25.0. The molecule has 4 aliphatic rings. The van der Waals surface area contributed by atoms with Crippen molar-refractivity contribution in [2.75, 3.05) is 49.4 Å². The lowest BCUT2D eigenvalue weighted by Gasteiger charge is -2.40. The number of hydrogen-bond acceptors (Lipinski definition) is 6. The summed E-state index contributed by atoms with van der Waals surface area (Å²) in [5.74, 6) is -2.32. The molecule has 2 heterocycles. The van der Waals surface area contributed by atoms with Gasteiger partial charge in [-0.1, -0.05) is 221 Å². The van der Waals surface area contributed by atoms with Gasteiger partial charge < -0.3 is 28.7 Å². The van der Waals surface area contributed by atoms with Gasteiger partial charge in [0.25, 0.3) is 0 Å². The van der Waals surface area contributed by atoms with Crippen molar-refractivity contribution < 1.29 is 36.5 Å². The fourth-order valence-corrected chi connectivity index (χ4v) is 16.7. The Balaban J connectivity index is 0.758. The van der Waals surface area contributed by atoms with Crippen molar-refractivity contribution in [1.29, 1.82) is 0 Å². The highest BCUT2D eigenvalue weighted by Gasteiger charge is 2.49. The summed E-state index contributed by atoms with van der Waals surface area (Å²) in [6, 6.07) is 99.2. The third-order valence-corrected chi connectivity index (χ3v) is 23.0. The number of anilines is 6. The molecule has 6 nitrogen and oxygen atoms in total. The van der Waals surface area contributed by atoms with Crippen LogP contribution in [0.2, 0.25) is 0 Å². The van der Waals surface area contributed by atoms with Gasteiger partial charge in [-0.05, 0) is 229 Å². The Morgan fingerprint density at radius 3 is 1.14 bits per heavy atom. The highest BCUT2D eigenvalue weighted by Crippen LogP contribution is 2.61. The first-order valence-corrected chi connectivity index (χ1v) is 37.4. The molecule has 10 heteroatoms. The molecule has 2 fully saturated rings. The second-order valence-electron chi connectivity index (χ2n) is 29.3. The molecule has 17 rings (SSSR count). The zero-order valence-corrected chi connectivity index (χ0v) is 61.0. The first-order valence-electron chi connectivity index (χ1n) is 37.4. The van der Waals surface area contributed by atoms with Gasteiger partial charge in [0.1, 0.15) is 11.5 Å². The van der Waals surface area contributed by atoms with Crippen molar-refractivity contribution >= 4 is 39.7 Å². The van der Waals surface area contributed by atoms with Crippen LogP contribution in [0, 0.1) is 34.1 Å². The van der Waals surface area contributed by atoms with Gasteiger partial charge in [-0.3, -0.25) is 0 Å². The lowest BCUT2D eigenvalue weighted by molar-refractivity contribution is -0.133. The summed E-state index contributed by atoms with van der Waals surface area (Å²) in [7, 11) is 0. The minimum Gasteiger partial charge on any atom is -0.493 e. The molecule has 2 aliphatic carbocycles. The van der Waals surface area contributed by atoms with Gasteiger partial charge in [0.05, 0.1) is 61.3 Å². The summed E-state index contributed by atoms with van der Waals surface area (Å²) in [5, 5.41) is 0. The molecule has 538 valence electrons. The Labute approximate surface area is 634 Å². The molecule has 13 aromatic rings. The fourth-order valence-electron chi connectivity index (χ4n) is 16.7. The number of hydrogen-bond donors (Lipinski definition) is 0. The summed E-state index contributed by atoms with van der Waals surface area (Å²) in [4.78, 5) is 3.96. The minimum absolute atomic E-state index is 0.00744. The van der Waals surface area contributed by atoms with E-state index in [1.807, 2.05) is 88.7 Å². The van der Waals surface area contributed by atoms with E-state index in [0.717, 1.165) is 136 Å². The van der Waals surface area contributed by atoms with Gasteiger partial charge in [-0.25, -0.2) is 17.6 Å². The van der Waals surface area contributed by atoms with E-state index in [4.69, 9.17) is 18.9 Å². The molecular formula is C99H80F4N2O4. The Kier molecular flexibility index (Phi) is 18.5. The van der Waals surface area contributed by atoms with E-state index in [2.05, 4.69) is 228 Å². The molecule has 13 aromatic carbocycles. The Hall–Kier alpha value is -12.1. The van der Waals surface area contributed by atoms with E-state index in [9.17, 15) is 0 Å². The number of fused-ring (bicyclic) bond motifs is 6. The van der Waals surface area contributed by atoms with Crippen LogP contribution < -0.4 is 19.3 Å². The largest absolute Gasteiger partial charge is 0.493 e. The molecule has 0 bridgehead atoms. The monoisotopic (exact) mass is 1440 g/mol. The number of nitrogens with zero attached hydrogens (tertiary/aromatic N) is 2. The molecule has 2 aliphatic heterocycles. The Morgan fingerprint density at radius 2 is 0.725 bits per heavy atom. The predicted molar refractivity (Wildman–Crippen MR) is 432 cm³/mol. The Morgan fingerprint density at radius 1 is 0.367 bits per heavy atom. The van der Waals surface area contributed by atoms with E-state index in [0.29, 0.717) is 62.4 Å². The van der Waals surface area contributed by atoms with Crippen LogP contribution in [0.4, 0.5) is 51.7 Å². The lowest BCUT2D eigenvalue weighted by atomic mass is 9.67. The maximum absolute atomic E-state index is 15.9. The summed E-state index contributed by atoms with van der Waals surface area (Å²) in [6.07, 6.45) is 9.70. The van der Waals surface area contributed by atoms with E-state index in [1.54, 1.807) is 18.2 Å². The van der Waals surface area contributed by atoms with Crippen LogP contribution >= 0.6 is 0 Å². The number of rotatable bonds is 23. The maximum atomic E-state index is 15.9. The lowest BCUT2D eigenvalue weighted by Crippen LogP contribution is -2.46. The normalized spacial score (nSPS) is 17.0. The molecular weight excluding hydrogens is 1360 g/mol. The van der Waals surface area contributed by atoms with Crippen molar-refractivity contribution in [3.05, 3.63) is 401 Å². The topological polar surface area (TPSA) is 43.4 Å². The fraction of sp³-hybridized carbons (Fsp3) is 0.152. The SMILES string of the molecule is C=C/C=C\C=C(/C)c1ccc2c(c1)C(c1ccccc1)(c1ccc(OCC3(CC)COC3)cc1)c1cc(N(c3ccc(-c4ccc(N(c5ccc(F)c(F)c5)c5ccc6c(c5)C(c5ccccc5)(c5ccc(OCC7(CC)COC7)cc5)c5cc(-c7ccccc7)ccc5-6)cc4)cc3)c3ccc(F)c(F)c3)ccc1-2. The molecule has 0 radical (unpaired) electrons. The molecule has 0 N–H and O–H groups in total.